The van der Waals surface area contributed by atoms with Crippen LogP contribution >= 0.6 is 0 Å². The summed E-state index contributed by atoms with van der Waals surface area (Å²) in [5.41, 5.74) is 0.153. The highest BCUT2D eigenvalue weighted by molar-refractivity contribution is 5.93. The molecule has 0 radical (unpaired) electrons. The van der Waals surface area contributed by atoms with E-state index in [-0.39, 0.29) is 17.4 Å². The molecule has 2 heterocycles. The summed E-state index contributed by atoms with van der Waals surface area (Å²) >= 11 is 0. The van der Waals surface area contributed by atoms with Crippen molar-refractivity contribution in [3.8, 4) is 0 Å². The normalized spacial score (nSPS) is 16.3. The molecule has 0 saturated carbocycles. The van der Waals surface area contributed by atoms with Gasteiger partial charge in [0.25, 0.3) is 5.91 Å². The van der Waals surface area contributed by atoms with Crippen molar-refractivity contribution >= 4 is 17.7 Å². The molecule has 0 aliphatic carbocycles. The maximum Gasteiger partial charge on any atom is 0.321 e. The molecule has 1 fully saturated rings. The second kappa shape index (κ2) is 5.09. The maximum absolute atomic E-state index is 12.0. The van der Waals surface area contributed by atoms with Crippen molar-refractivity contribution in [2.24, 2.45) is 5.92 Å². The molecule has 102 valence electrons. The summed E-state index contributed by atoms with van der Waals surface area (Å²) in [5, 5.41) is 19.4. The molecule has 2 N–H and O–H groups in total. The Balaban J connectivity index is 2.01. The third-order valence-corrected chi connectivity index (χ3v) is 3.23. The Hall–Kier alpha value is -2.38. The van der Waals surface area contributed by atoms with E-state index in [0.29, 0.717) is 25.9 Å². The number of rotatable bonds is 3. The fraction of sp³-hybridized carbons (Fsp3) is 0.455. The third-order valence-electron chi connectivity index (χ3n) is 3.23. The molecule has 2 rings (SSSR count). The van der Waals surface area contributed by atoms with Crippen molar-refractivity contribution in [1.29, 1.82) is 0 Å². The summed E-state index contributed by atoms with van der Waals surface area (Å²) in [6.07, 6.45) is 0.813. The Kier molecular flexibility index (Phi) is 3.50. The first-order valence-corrected chi connectivity index (χ1v) is 5.84. The van der Waals surface area contributed by atoms with Crippen molar-refractivity contribution in [3.63, 3.8) is 0 Å². The number of hydrogen-bond acceptors (Lipinski definition) is 4. The van der Waals surface area contributed by atoms with E-state index in [9.17, 15) is 19.7 Å². The van der Waals surface area contributed by atoms with Gasteiger partial charge in [-0.2, -0.15) is 0 Å². The van der Waals surface area contributed by atoms with Crippen molar-refractivity contribution in [2.75, 3.05) is 13.1 Å². The van der Waals surface area contributed by atoms with Gasteiger partial charge in [-0.25, -0.2) is 4.98 Å². The highest BCUT2D eigenvalue weighted by atomic mass is 16.6. The van der Waals surface area contributed by atoms with Gasteiger partial charge in [-0.1, -0.05) is 0 Å². The van der Waals surface area contributed by atoms with E-state index in [2.05, 4.69) is 4.98 Å². The smallest absolute Gasteiger partial charge is 0.321 e. The lowest BCUT2D eigenvalue weighted by atomic mass is 9.97. The number of nitrogens with one attached hydrogen (secondary N) is 1. The largest absolute Gasteiger partial charge is 0.481 e. The number of nitrogens with zero attached hydrogens (tertiary/aromatic N) is 2. The van der Waals surface area contributed by atoms with Crippen LogP contribution in [0.3, 0.4) is 0 Å². The molecule has 0 spiro atoms. The average molecular weight is 267 g/mol. The zero-order valence-electron chi connectivity index (χ0n) is 10.0. The first kappa shape index (κ1) is 13.1. The van der Waals surface area contributed by atoms with Crippen LogP contribution < -0.4 is 0 Å². The van der Waals surface area contributed by atoms with E-state index in [1.165, 1.54) is 17.0 Å². The van der Waals surface area contributed by atoms with Gasteiger partial charge in [-0.05, 0) is 23.8 Å². The molecule has 0 unspecified atom stereocenters. The van der Waals surface area contributed by atoms with Crippen LogP contribution in [0, 0.1) is 16.0 Å². The minimum Gasteiger partial charge on any atom is -0.481 e. The summed E-state index contributed by atoms with van der Waals surface area (Å²) in [4.78, 5) is 36.7. The Labute approximate surface area is 108 Å². The van der Waals surface area contributed by atoms with Gasteiger partial charge >= 0.3 is 11.8 Å². The molecule has 0 aromatic carbocycles. The number of nitro groups is 1. The zero-order valence-corrected chi connectivity index (χ0v) is 10.0. The lowest BCUT2D eigenvalue weighted by Gasteiger charge is -2.29. The van der Waals surface area contributed by atoms with Crippen molar-refractivity contribution in [2.45, 2.75) is 12.8 Å². The second-order valence-electron chi connectivity index (χ2n) is 4.42. The zero-order chi connectivity index (χ0) is 14.0. The number of carboxylic acids is 1. The van der Waals surface area contributed by atoms with Gasteiger partial charge < -0.3 is 20.1 Å². The van der Waals surface area contributed by atoms with Crippen molar-refractivity contribution in [1.82, 2.24) is 9.88 Å². The number of hydrogen-bond donors (Lipinski definition) is 2. The number of aliphatic carboxylic acids is 1. The minimum atomic E-state index is -0.845. The fourth-order valence-electron chi connectivity index (χ4n) is 2.11. The lowest BCUT2D eigenvalue weighted by Crippen LogP contribution is -2.40. The van der Waals surface area contributed by atoms with Crippen LogP contribution in [0.1, 0.15) is 23.3 Å². The molecule has 1 aliphatic heterocycles. The van der Waals surface area contributed by atoms with E-state index in [4.69, 9.17) is 5.11 Å². The van der Waals surface area contributed by atoms with E-state index in [1.54, 1.807) is 0 Å². The molecular formula is C11H13N3O5. The molecule has 1 aliphatic rings. The van der Waals surface area contributed by atoms with E-state index in [0.717, 1.165) is 0 Å². The van der Waals surface area contributed by atoms with Crippen LogP contribution in [-0.4, -0.2) is 44.9 Å². The monoisotopic (exact) mass is 267 g/mol. The van der Waals surface area contributed by atoms with Gasteiger partial charge in [0.05, 0.1) is 5.92 Å². The van der Waals surface area contributed by atoms with E-state index in [1.807, 2.05) is 0 Å². The maximum atomic E-state index is 12.0. The molecule has 19 heavy (non-hydrogen) atoms. The van der Waals surface area contributed by atoms with Crippen molar-refractivity contribution in [3.05, 3.63) is 27.9 Å². The second-order valence-corrected chi connectivity index (χ2v) is 4.42. The highest BCUT2D eigenvalue weighted by Crippen LogP contribution is 2.20. The van der Waals surface area contributed by atoms with Crippen LogP contribution in [0.25, 0.3) is 0 Å². The summed E-state index contributed by atoms with van der Waals surface area (Å²) < 4.78 is 0. The lowest BCUT2D eigenvalue weighted by molar-refractivity contribution is -0.389. The van der Waals surface area contributed by atoms with E-state index < -0.39 is 16.8 Å². The fourth-order valence-corrected chi connectivity index (χ4v) is 2.11. The van der Waals surface area contributed by atoms with Gasteiger partial charge in [0.2, 0.25) is 0 Å². The van der Waals surface area contributed by atoms with E-state index >= 15 is 0 Å². The highest BCUT2D eigenvalue weighted by Gasteiger charge is 2.29. The number of carboxylic acid groups (broad SMARTS) is 1. The first-order chi connectivity index (χ1) is 8.99. The molecule has 1 aromatic rings. The molecule has 1 aromatic heterocycles. The van der Waals surface area contributed by atoms with Crippen molar-refractivity contribution < 1.29 is 19.6 Å². The average Bonchev–Trinajstić information content (AvgIpc) is 2.87. The molecule has 0 bridgehead atoms. The molecule has 8 heteroatoms. The standard InChI is InChI=1S/C11H13N3O5/c15-10(8-1-2-9(12-8)14(18)19)13-5-3-7(4-6-13)11(16)17/h1-2,7,12H,3-6H2,(H,16,17). The predicted molar refractivity (Wildman–Crippen MR) is 63.7 cm³/mol. The van der Waals surface area contributed by atoms with Crippen LogP contribution in [0.15, 0.2) is 12.1 Å². The Morgan fingerprint density at radius 1 is 1.37 bits per heavy atom. The third kappa shape index (κ3) is 2.72. The summed E-state index contributed by atoms with van der Waals surface area (Å²) in [7, 11) is 0. The summed E-state index contributed by atoms with van der Waals surface area (Å²) in [6.45, 7) is 0.700. The molecular weight excluding hydrogens is 254 g/mol. The SMILES string of the molecule is O=C(O)C1CCN(C(=O)c2ccc([N+](=O)[O-])[nH]2)CC1. The number of aromatic nitrogens is 1. The van der Waals surface area contributed by atoms with Crippen LogP contribution in [-0.2, 0) is 4.79 Å². The molecule has 1 amide bonds. The number of carbonyl (C=O) groups is 2. The van der Waals surface area contributed by atoms with Crippen LogP contribution in [0.4, 0.5) is 5.82 Å². The number of piperidine rings is 1. The van der Waals surface area contributed by atoms with Crippen LogP contribution in [0.2, 0.25) is 0 Å². The van der Waals surface area contributed by atoms with Gasteiger partial charge in [0, 0.05) is 19.2 Å². The number of carbonyl (C=O) groups excluding carboxylic acids is 1. The summed E-state index contributed by atoms with van der Waals surface area (Å²) in [6, 6.07) is 2.60. The predicted octanol–water partition coefficient (Wildman–Crippen LogP) is 0.860. The number of amides is 1. The minimum absolute atomic E-state index is 0.153. The Bertz CT molecular complexity index is 516. The van der Waals surface area contributed by atoms with Gasteiger partial charge in [0.1, 0.15) is 0 Å². The topological polar surface area (TPSA) is 117 Å². The molecule has 8 nitrogen and oxygen atoms in total. The molecule has 0 atom stereocenters. The quantitative estimate of drug-likeness (QED) is 0.622. The number of likely N-dealkylation sites (tertiary alicyclic amines) is 1. The number of H-pyrrole nitrogens is 1. The summed E-state index contributed by atoms with van der Waals surface area (Å²) in [5.74, 6) is -1.83. The van der Waals surface area contributed by atoms with Gasteiger partial charge in [-0.15, -0.1) is 0 Å². The Morgan fingerprint density at radius 3 is 2.47 bits per heavy atom. The van der Waals surface area contributed by atoms with Gasteiger partial charge in [-0.3, -0.25) is 9.59 Å². The first-order valence-electron chi connectivity index (χ1n) is 5.84. The number of aromatic amines is 1. The Morgan fingerprint density at radius 2 is 2.00 bits per heavy atom. The van der Waals surface area contributed by atoms with Crippen LogP contribution in [0.5, 0.6) is 0 Å². The molecule has 1 saturated heterocycles. The van der Waals surface area contributed by atoms with Gasteiger partial charge in [0.15, 0.2) is 5.69 Å².